The van der Waals surface area contributed by atoms with Gasteiger partial charge in [0.2, 0.25) is 5.91 Å². The van der Waals surface area contributed by atoms with Crippen molar-refractivity contribution in [2.24, 2.45) is 5.92 Å². The summed E-state index contributed by atoms with van der Waals surface area (Å²) in [6.07, 6.45) is 4.11. The van der Waals surface area contributed by atoms with Crippen molar-refractivity contribution < 1.29 is 9.63 Å². The molecule has 5 heteroatoms. The molecule has 18 heavy (non-hydrogen) atoms. The molecule has 0 saturated carbocycles. The number of carbonyl (C=O) groups is 1. The number of piperidine rings is 1. The summed E-state index contributed by atoms with van der Waals surface area (Å²) in [5.41, 5.74) is 0. The Morgan fingerprint density at radius 2 is 2.28 bits per heavy atom. The van der Waals surface area contributed by atoms with E-state index in [0.29, 0.717) is 12.3 Å². The molecule has 2 heterocycles. The van der Waals surface area contributed by atoms with Crippen LogP contribution in [0.5, 0.6) is 0 Å². The predicted molar refractivity (Wildman–Crippen MR) is 70.0 cm³/mol. The van der Waals surface area contributed by atoms with Gasteiger partial charge >= 0.3 is 0 Å². The summed E-state index contributed by atoms with van der Waals surface area (Å²) in [7, 11) is 2.15. The summed E-state index contributed by atoms with van der Waals surface area (Å²) in [6, 6.07) is 0. The Morgan fingerprint density at radius 3 is 3.00 bits per heavy atom. The minimum Gasteiger partial charge on any atom is -0.356 e. The van der Waals surface area contributed by atoms with Crippen LogP contribution in [0, 0.1) is 5.92 Å². The fourth-order valence-corrected chi connectivity index (χ4v) is 2.69. The molecule has 0 unspecified atom stereocenters. The lowest BCUT2D eigenvalue weighted by Crippen LogP contribution is -2.39. The van der Waals surface area contributed by atoms with Gasteiger partial charge in [0.1, 0.15) is 0 Å². The Hall–Kier alpha value is -0.650. The number of rotatable bonds is 5. The van der Waals surface area contributed by atoms with Gasteiger partial charge in [-0.15, -0.1) is 0 Å². The Balaban J connectivity index is 1.56. The number of hydrogen-bond donors (Lipinski definition) is 1. The molecule has 0 aromatic carbocycles. The van der Waals surface area contributed by atoms with Crippen molar-refractivity contribution in [3.05, 3.63) is 0 Å². The molecule has 0 aromatic rings. The van der Waals surface area contributed by atoms with Crippen molar-refractivity contribution in [2.45, 2.75) is 25.7 Å². The number of nitrogens with zero attached hydrogens (tertiary/aromatic N) is 2. The first-order valence-corrected chi connectivity index (χ1v) is 7.07. The first-order valence-electron chi connectivity index (χ1n) is 7.07. The maximum absolute atomic E-state index is 11.7. The molecule has 104 valence electrons. The lowest BCUT2D eigenvalue weighted by atomic mass is 9.98. The second kappa shape index (κ2) is 7.07. The SMILES string of the molecule is CN1CCC[C@H](CNC(=O)CCN2CCCO2)C1. The topological polar surface area (TPSA) is 44.8 Å². The summed E-state index contributed by atoms with van der Waals surface area (Å²) in [6.45, 7) is 5.60. The first-order chi connectivity index (χ1) is 8.74. The van der Waals surface area contributed by atoms with E-state index in [9.17, 15) is 4.79 Å². The van der Waals surface area contributed by atoms with E-state index in [1.807, 2.05) is 5.06 Å². The zero-order valence-electron chi connectivity index (χ0n) is 11.4. The molecule has 0 spiro atoms. The largest absolute Gasteiger partial charge is 0.356 e. The first kappa shape index (κ1) is 13.8. The van der Waals surface area contributed by atoms with E-state index in [1.165, 1.54) is 19.4 Å². The standard InChI is InChI=1S/C13H25N3O2/c1-15-6-2-4-12(11-15)10-14-13(17)5-8-16-7-3-9-18-16/h12H,2-11H2,1H3,(H,14,17)/t12-/m1/s1. The van der Waals surface area contributed by atoms with E-state index < -0.39 is 0 Å². The number of hydrogen-bond acceptors (Lipinski definition) is 4. The van der Waals surface area contributed by atoms with Crippen LogP contribution in [0.3, 0.4) is 0 Å². The zero-order valence-corrected chi connectivity index (χ0v) is 11.4. The van der Waals surface area contributed by atoms with Gasteiger partial charge in [-0.1, -0.05) is 0 Å². The zero-order chi connectivity index (χ0) is 12.8. The third kappa shape index (κ3) is 4.55. The normalized spacial score (nSPS) is 26.4. The maximum atomic E-state index is 11.7. The molecule has 0 bridgehead atoms. The molecule has 2 aliphatic rings. The van der Waals surface area contributed by atoms with Crippen LogP contribution < -0.4 is 5.32 Å². The Kier molecular flexibility index (Phi) is 5.41. The molecule has 0 aromatic heterocycles. The van der Waals surface area contributed by atoms with Crippen LogP contribution in [-0.2, 0) is 9.63 Å². The highest BCUT2D eigenvalue weighted by Crippen LogP contribution is 2.13. The number of hydroxylamine groups is 2. The lowest BCUT2D eigenvalue weighted by Gasteiger charge is -2.29. The van der Waals surface area contributed by atoms with E-state index in [0.717, 1.165) is 39.2 Å². The molecule has 1 atom stereocenters. The van der Waals surface area contributed by atoms with Crippen LogP contribution in [0.25, 0.3) is 0 Å². The molecule has 0 radical (unpaired) electrons. The second-order valence-corrected chi connectivity index (χ2v) is 5.44. The number of likely N-dealkylation sites (tertiary alicyclic amines) is 1. The summed E-state index contributed by atoms with van der Waals surface area (Å²) in [5.74, 6) is 0.773. The molecule has 2 aliphatic heterocycles. The Morgan fingerprint density at radius 1 is 1.39 bits per heavy atom. The molecule has 1 N–H and O–H groups in total. The van der Waals surface area contributed by atoms with Crippen LogP contribution >= 0.6 is 0 Å². The molecule has 2 rings (SSSR count). The van der Waals surface area contributed by atoms with E-state index in [4.69, 9.17) is 4.84 Å². The fraction of sp³-hybridized carbons (Fsp3) is 0.923. The number of carbonyl (C=O) groups excluding carboxylic acids is 1. The lowest BCUT2D eigenvalue weighted by molar-refractivity contribution is -0.130. The molecule has 0 aliphatic carbocycles. The van der Waals surface area contributed by atoms with Gasteiger partial charge in [0.15, 0.2) is 0 Å². The highest BCUT2D eigenvalue weighted by molar-refractivity contribution is 5.76. The van der Waals surface area contributed by atoms with Gasteiger partial charge in [-0.05, 0) is 38.8 Å². The highest BCUT2D eigenvalue weighted by Gasteiger charge is 2.18. The van der Waals surface area contributed by atoms with E-state index in [1.54, 1.807) is 0 Å². The summed E-state index contributed by atoms with van der Waals surface area (Å²) >= 11 is 0. The monoisotopic (exact) mass is 255 g/mol. The molecule has 5 nitrogen and oxygen atoms in total. The quantitative estimate of drug-likeness (QED) is 0.776. The van der Waals surface area contributed by atoms with Crippen molar-refractivity contribution in [3.63, 3.8) is 0 Å². The van der Waals surface area contributed by atoms with Crippen LogP contribution in [0.1, 0.15) is 25.7 Å². The van der Waals surface area contributed by atoms with Gasteiger partial charge in [-0.3, -0.25) is 9.63 Å². The smallest absolute Gasteiger partial charge is 0.221 e. The van der Waals surface area contributed by atoms with Gasteiger partial charge in [-0.25, -0.2) is 0 Å². The number of nitrogens with one attached hydrogen (secondary N) is 1. The minimum absolute atomic E-state index is 0.152. The van der Waals surface area contributed by atoms with E-state index >= 15 is 0 Å². The molecule has 2 fully saturated rings. The minimum atomic E-state index is 0.152. The third-order valence-corrected chi connectivity index (χ3v) is 3.72. The van der Waals surface area contributed by atoms with Crippen molar-refractivity contribution in [1.29, 1.82) is 0 Å². The van der Waals surface area contributed by atoms with Crippen LogP contribution in [-0.4, -0.2) is 62.2 Å². The number of amides is 1. The Labute approximate surface area is 109 Å². The van der Waals surface area contributed by atoms with Crippen molar-refractivity contribution in [2.75, 3.05) is 46.4 Å². The summed E-state index contributed by atoms with van der Waals surface area (Å²) < 4.78 is 0. The molecular formula is C13H25N3O2. The summed E-state index contributed by atoms with van der Waals surface area (Å²) in [5, 5.41) is 4.95. The molecule has 2 saturated heterocycles. The summed E-state index contributed by atoms with van der Waals surface area (Å²) in [4.78, 5) is 19.4. The van der Waals surface area contributed by atoms with Gasteiger partial charge < -0.3 is 10.2 Å². The van der Waals surface area contributed by atoms with Crippen molar-refractivity contribution >= 4 is 5.91 Å². The average molecular weight is 255 g/mol. The predicted octanol–water partition coefficient (Wildman–Crippen LogP) is 0.472. The van der Waals surface area contributed by atoms with Gasteiger partial charge in [0.05, 0.1) is 6.61 Å². The van der Waals surface area contributed by atoms with E-state index in [-0.39, 0.29) is 5.91 Å². The van der Waals surface area contributed by atoms with Gasteiger partial charge in [-0.2, -0.15) is 5.06 Å². The van der Waals surface area contributed by atoms with Crippen LogP contribution in [0.15, 0.2) is 0 Å². The maximum Gasteiger partial charge on any atom is 0.221 e. The highest BCUT2D eigenvalue weighted by atomic mass is 16.7. The van der Waals surface area contributed by atoms with Crippen molar-refractivity contribution in [1.82, 2.24) is 15.3 Å². The third-order valence-electron chi connectivity index (χ3n) is 3.72. The van der Waals surface area contributed by atoms with Gasteiger partial charge in [0, 0.05) is 32.6 Å². The van der Waals surface area contributed by atoms with Gasteiger partial charge in [0.25, 0.3) is 0 Å². The van der Waals surface area contributed by atoms with Crippen LogP contribution in [0.4, 0.5) is 0 Å². The Bertz CT molecular complexity index is 267. The fourth-order valence-electron chi connectivity index (χ4n) is 2.69. The van der Waals surface area contributed by atoms with Crippen LogP contribution in [0.2, 0.25) is 0 Å². The average Bonchev–Trinajstić information content (AvgIpc) is 2.87. The van der Waals surface area contributed by atoms with E-state index in [2.05, 4.69) is 17.3 Å². The molecule has 1 amide bonds. The molecular weight excluding hydrogens is 230 g/mol. The second-order valence-electron chi connectivity index (χ2n) is 5.44. The van der Waals surface area contributed by atoms with Crippen molar-refractivity contribution in [3.8, 4) is 0 Å².